The molecule has 0 spiro atoms. The standard InChI is InChI=1S/C20H30N4O3/c1-12(2)17-9-16(18-15(5)23-27-20(18)22-17)19(25)21-7-6-8-24-10-13(3)26-14(4)11-24/h9,12-14H,6-8,10-11H2,1-5H3,(H,21,25). The minimum atomic E-state index is -0.0979. The number of nitrogens with one attached hydrogen (secondary N) is 1. The molecule has 0 bridgehead atoms. The molecule has 1 saturated heterocycles. The molecular weight excluding hydrogens is 344 g/mol. The van der Waals surface area contributed by atoms with Gasteiger partial charge in [0.25, 0.3) is 11.6 Å². The summed E-state index contributed by atoms with van der Waals surface area (Å²) < 4.78 is 11.1. The summed E-state index contributed by atoms with van der Waals surface area (Å²) >= 11 is 0. The van der Waals surface area contributed by atoms with Crippen LogP contribution in [0.4, 0.5) is 0 Å². The van der Waals surface area contributed by atoms with Crippen molar-refractivity contribution in [1.29, 1.82) is 0 Å². The number of fused-ring (bicyclic) bond motifs is 1. The van der Waals surface area contributed by atoms with E-state index in [1.54, 1.807) is 0 Å². The third kappa shape index (κ3) is 4.65. The number of morpholine rings is 1. The van der Waals surface area contributed by atoms with Gasteiger partial charge in [0.15, 0.2) is 0 Å². The van der Waals surface area contributed by atoms with Crippen molar-refractivity contribution >= 4 is 17.0 Å². The Balaban J connectivity index is 1.62. The minimum absolute atomic E-state index is 0.0979. The summed E-state index contributed by atoms with van der Waals surface area (Å²) in [6.45, 7) is 13.6. The molecule has 1 amide bonds. The quantitative estimate of drug-likeness (QED) is 0.783. The van der Waals surface area contributed by atoms with Crippen LogP contribution in [-0.2, 0) is 4.74 Å². The Kier molecular flexibility index (Phi) is 6.11. The van der Waals surface area contributed by atoms with Gasteiger partial charge in [0, 0.05) is 31.9 Å². The van der Waals surface area contributed by atoms with Crippen LogP contribution < -0.4 is 5.32 Å². The van der Waals surface area contributed by atoms with Crippen molar-refractivity contribution in [2.75, 3.05) is 26.2 Å². The molecule has 0 saturated carbocycles. The largest absolute Gasteiger partial charge is 0.373 e. The van der Waals surface area contributed by atoms with Crippen molar-refractivity contribution in [3.63, 3.8) is 0 Å². The lowest BCUT2D eigenvalue weighted by Crippen LogP contribution is -2.46. The summed E-state index contributed by atoms with van der Waals surface area (Å²) in [7, 11) is 0. The molecule has 2 aromatic rings. The first-order valence-corrected chi connectivity index (χ1v) is 9.78. The first-order chi connectivity index (χ1) is 12.8. The molecule has 7 heteroatoms. The van der Waals surface area contributed by atoms with E-state index in [-0.39, 0.29) is 24.0 Å². The fourth-order valence-corrected chi connectivity index (χ4v) is 3.66. The van der Waals surface area contributed by atoms with Gasteiger partial charge in [-0.3, -0.25) is 9.69 Å². The second kappa shape index (κ2) is 8.35. The molecule has 7 nitrogen and oxygen atoms in total. The average molecular weight is 374 g/mol. The number of ether oxygens (including phenoxy) is 1. The molecule has 1 aliphatic rings. The highest BCUT2D eigenvalue weighted by Gasteiger charge is 2.22. The zero-order valence-electron chi connectivity index (χ0n) is 16.9. The van der Waals surface area contributed by atoms with Gasteiger partial charge in [-0.15, -0.1) is 0 Å². The van der Waals surface area contributed by atoms with Gasteiger partial charge < -0.3 is 14.6 Å². The number of hydrogen-bond donors (Lipinski definition) is 1. The number of aryl methyl sites for hydroxylation is 1. The third-order valence-electron chi connectivity index (χ3n) is 4.90. The van der Waals surface area contributed by atoms with E-state index in [0.29, 0.717) is 28.9 Å². The Morgan fingerprint density at radius 1 is 1.33 bits per heavy atom. The molecule has 0 radical (unpaired) electrons. The highest BCUT2D eigenvalue weighted by Crippen LogP contribution is 2.25. The summed E-state index contributed by atoms with van der Waals surface area (Å²) in [4.78, 5) is 19.7. The SMILES string of the molecule is Cc1noc2nc(C(C)C)cc(C(=O)NCCCN3CC(C)OC(C)C3)c12. The van der Waals surface area contributed by atoms with Gasteiger partial charge >= 0.3 is 0 Å². The summed E-state index contributed by atoms with van der Waals surface area (Å²) in [6, 6.07) is 1.86. The van der Waals surface area contributed by atoms with Gasteiger partial charge in [-0.05, 0) is 39.2 Å². The van der Waals surface area contributed by atoms with E-state index in [2.05, 4.69) is 34.2 Å². The lowest BCUT2D eigenvalue weighted by atomic mass is 10.0. The van der Waals surface area contributed by atoms with Crippen molar-refractivity contribution in [3.05, 3.63) is 23.0 Å². The number of rotatable bonds is 6. The molecule has 1 N–H and O–H groups in total. The molecule has 0 aliphatic carbocycles. The summed E-state index contributed by atoms with van der Waals surface area (Å²) in [6.07, 6.45) is 1.43. The van der Waals surface area contributed by atoms with Crippen LogP contribution in [-0.4, -0.2) is 59.3 Å². The molecule has 1 aliphatic heterocycles. The number of carbonyl (C=O) groups excluding carboxylic acids is 1. The Hall–Kier alpha value is -1.99. The van der Waals surface area contributed by atoms with Gasteiger partial charge in [-0.2, -0.15) is 0 Å². The normalized spacial score (nSPS) is 21.1. The summed E-state index contributed by atoms with van der Waals surface area (Å²) in [5.74, 6) is 0.107. The zero-order valence-corrected chi connectivity index (χ0v) is 16.9. The van der Waals surface area contributed by atoms with Crippen LogP contribution in [0, 0.1) is 6.92 Å². The van der Waals surface area contributed by atoms with Crippen LogP contribution in [0.5, 0.6) is 0 Å². The molecule has 0 aromatic carbocycles. The fourth-order valence-electron chi connectivity index (χ4n) is 3.66. The zero-order chi connectivity index (χ0) is 19.6. The highest BCUT2D eigenvalue weighted by molar-refractivity contribution is 6.06. The van der Waals surface area contributed by atoms with Crippen LogP contribution >= 0.6 is 0 Å². The molecular formula is C20H30N4O3. The van der Waals surface area contributed by atoms with Crippen molar-refractivity contribution in [2.45, 2.75) is 59.2 Å². The smallest absolute Gasteiger partial charge is 0.259 e. The van der Waals surface area contributed by atoms with Gasteiger partial charge in [-0.25, -0.2) is 4.98 Å². The van der Waals surface area contributed by atoms with Crippen molar-refractivity contribution < 1.29 is 14.1 Å². The maximum atomic E-state index is 12.8. The molecule has 3 rings (SSSR count). The van der Waals surface area contributed by atoms with E-state index >= 15 is 0 Å². The number of aromatic nitrogens is 2. The van der Waals surface area contributed by atoms with Crippen LogP contribution in [0.25, 0.3) is 11.1 Å². The number of pyridine rings is 1. The van der Waals surface area contributed by atoms with Crippen molar-refractivity contribution in [3.8, 4) is 0 Å². The van der Waals surface area contributed by atoms with Crippen LogP contribution in [0.1, 0.15) is 61.8 Å². The first-order valence-electron chi connectivity index (χ1n) is 9.78. The second-order valence-electron chi connectivity index (χ2n) is 7.82. The number of nitrogens with zero attached hydrogens (tertiary/aromatic N) is 3. The topological polar surface area (TPSA) is 80.5 Å². The number of hydrogen-bond acceptors (Lipinski definition) is 6. The van der Waals surface area contributed by atoms with Gasteiger partial charge in [0.1, 0.15) is 0 Å². The van der Waals surface area contributed by atoms with E-state index in [4.69, 9.17) is 9.26 Å². The predicted octanol–water partition coefficient (Wildman–Crippen LogP) is 2.88. The van der Waals surface area contributed by atoms with E-state index in [1.807, 2.05) is 26.8 Å². The lowest BCUT2D eigenvalue weighted by Gasteiger charge is -2.35. The monoisotopic (exact) mass is 374 g/mol. The molecule has 27 heavy (non-hydrogen) atoms. The van der Waals surface area contributed by atoms with Gasteiger partial charge in [0.2, 0.25) is 0 Å². The molecule has 2 atom stereocenters. The molecule has 2 aromatic heterocycles. The van der Waals surface area contributed by atoms with Crippen molar-refractivity contribution in [2.24, 2.45) is 0 Å². The van der Waals surface area contributed by atoms with Crippen LogP contribution in [0.2, 0.25) is 0 Å². The third-order valence-corrected chi connectivity index (χ3v) is 4.90. The maximum Gasteiger partial charge on any atom is 0.259 e. The summed E-state index contributed by atoms with van der Waals surface area (Å²) in [5, 5.41) is 7.72. The Morgan fingerprint density at radius 3 is 2.70 bits per heavy atom. The van der Waals surface area contributed by atoms with Gasteiger partial charge in [0.05, 0.1) is 28.9 Å². The highest BCUT2D eigenvalue weighted by atomic mass is 16.5. The Bertz CT molecular complexity index is 792. The fraction of sp³-hybridized carbons (Fsp3) is 0.650. The van der Waals surface area contributed by atoms with Crippen LogP contribution in [0.3, 0.4) is 0 Å². The molecule has 1 fully saturated rings. The van der Waals surface area contributed by atoms with Crippen LogP contribution in [0.15, 0.2) is 10.6 Å². The minimum Gasteiger partial charge on any atom is -0.373 e. The molecule has 2 unspecified atom stereocenters. The van der Waals surface area contributed by atoms with E-state index in [9.17, 15) is 4.79 Å². The van der Waals surface area contributed by atoms with Crippen molar-refractivity contribution in [1.82, 2.24) is 20.4 Å². The number of amides is 1. The maximum absolute atomic E-state index is 12.8. The van der Waals surface area contributed by atoms with E-state index < -0.39 is 0 Å². The van der Waals surface area contributed by atoms with Gasteiger partial charge in [-0.1, -0.05) is 19.0 Å². The predicted molar refractivity (Wildman–Crippen MR) is 104 cm³/mol. The Labute approximate surface area is 160 Å². The Morgan fingerprint density at radius 2 is 2.04 bits per heavy atom. The first kappa shape index (κ1) is 19.8. The molecule has 3 heterocycles. The lowest BCUT2D eigenvalue weighted by molar-refractivity contribution is -0.0679. The number of carbonyl (C=O) groups is 1. The second-order valence-corrected chi connectivity index (χ2v) is 7.82. The average Bonchev–Trinajstić information content (AvgIpc) is 2.98. The van der Waals surface area contributed by atoms with E-state index in [1.165, 1.54) is 0 Å². The summed E-state index contributed by atoms with van der Waals surface area (Å²) in [5.41, 5.74) is 2.55. The van der Waals surface area contributed by atoms with E-state index in [0.717, 1.165) is 31.7 Å². The molecule has 148 valence electrons.